The molecule has 3 unspecified atom stereocenters. The quantitative estimate of drug-likeness (QED) is 0.772. The van der Waals surface area contributed by atoms with Crippen molar-refractivity contribution < 1.29 is 19.5 Å². The van der Waals surface area contributed by atoms with Crippen LogP contribution < -0.4 is 5.32 Å². The number of nitrogens with one attached hydrogen (secondary N) is 1. The molecule has 0 saturated heterocycles. The summed E-state index contributed by atoms with van der Waals surface area (Å²) in [4.78, 5) is 37.0. The lowest BCUT2D eigenvalue weighted by Crippen LogP contribution is -2.49. The highest BCUT2D eigenvalue weighted by molar-refractivity contribution is 5.88. The average Bonchev–Trinajstić information content (AvgIpc) is 2.48. The first-order valence-corrected chi connectivity index (χ1v) is 7.72. The topological polar surface area (TPSA) is 86.7 Å². The number of carboxylic acid groups (broad SMARTS) is 1. The maximum Gasteiger partial charge on any atom is 0.306 e. The monoisotopic (exact) mass is 298 g/mol. The summed E-state index contributed by atoms with van der Waals surface area (Å²) < 4.78 is 0. The molecule has 0 aromatic carbocycles. The Morgan fingerprint density at radius 1 is 1.19 bits per heavy atom. The molecule has 3 atom stereocenters. The Hall–Kier alpha value is -1.59. The van der Waals surface area contributed by atoms with E-state index in [4.69, 9.17) is 5.11 Å². The Kier molecular flexibility index (Phi) is 6.65. The van der Waals surface area contributed by atoms with Crippen LogP contribution in [0.2, 0.25) is 0 Å². The van der Waals surface area contributed by atoms with E-state index in [1.807, 2.05) is 13.8 Å². The molecule has 6 heteroatoms. The van der Waals surface area contributed by atoms with Crippen LogP contribution in [0.1, 0.15) is 46.5 Å². The molecule has 120 valence electrons. The number of hydrogen-bond donors (Lipinski definition) is 2. The molecule has 0 aromatic rings. The van der Waals surface area contributed by atoms with Crippen molar-refractivity contribution in [3.63, 3.8) is 0 Å². The minimum Gasteiger partial charge on any atom is -0.481 e. The van der Waals surface area contributed by atoms with Crippen molar-refractivity contribution in [2.24, 2.45) is 11.8 Å². The number of hydrogen-bond acceptors (Lipinski definition) is 3. The van der Waals surface area contributed by atoms with Gasteiger partial charge in [0.1, 0.15) is 6.04 Å². The standard InChI is InChI=1S/C15H26N2O4/c1-4-17(5-2)14(19)10(3)16-13(18)11-7-6-8-12(9-11)15(20)21/h10-12H,4-9H2,1-3H3,(H,16,18)(H,20,21). The van der Waals surface area contributed by atoms with Crippen LogP contribution in [0.4, 0.5) is 0 Å². The summed E-state index contributed by atoms with van der Waals surface area (Å²) in [5.41, 5.74) is 0. The zero-order valence-electron chi connectivity index (χ0n) is 13.1. The van der Waals surface area contributed by atoms with E-state index in [2.05, 4.69) is 5.32 Å². The third kappa shape index (κ3) is 4.72. The molecule has 6 nitrogen and oxygen atoms in total. The van der Waals surface area contributed by atoms with Crippen molar-refractivity contribution in [2.75, 3.05) is 13.1 Å². The molecule has 1 aliphatic carbocycles. The zero-order valence-corrected chi connectivity index (χ0v) is 13.1. The number of aliphatic carboxylic acids is 1. The molecule has 0 aromatic heterocycles. The number of carbonyl (C=O) groups is 3. The molecular weight excluding hydrogens is 272 g/mol. The van der Waals surface area contributed by atoms with Gasteiger partial charge in [0.15, 0.2) is 0 Å². The predicted octanol–water partition coefficient (Wildman–Crippen LogP) is 1.25. The normalized spacial score (nSPS) is 23.2. The summed E-state index contributed by atoms with van der Waals surface area (Å²) in [5.74, 6) is -1.87. The zero-order chi connectivity index (χ0) is 16.0. The summed E-state index contributed by atoms with van der Waals surface area (Å²) in [5, 5.41) is 11.8. The first kappa shape index (κ1) is 17.5. The van der Waals surface area contributed by atoms with Gasteiger partial charge in [0, 0.05) is 19.0 Å². The Balaban J connectivity index is 2.55. The lowest BCUT2D eigenvalue weighted by molar-refractivity contribution is -0.144. The van der Waals surface area contributed by atoms with Gasteiger partial charge in [-0.15, -0.1) is 0 Å². The highest BCUT2D eigenvalue weighted by atomic mass is 16.4. The van der Waals surface area contributed by atoms with Crippen LogP contribution in [-0.2, 0) is 14.4 Å². The molecule has 0 heterocycles. The summed E-state index contributed by atoms with van der Waals surface area (Å²) in [6.45, 7) is 6.69. The molecule has 1 saturated carbocycles. The van der Waals surface area contributed by atoms with Crippen LogP contribution in [0.5, 0.6) is 0 Å². The van der Waals surface area contributed by atoms with Gasteiger partial charge in [0.25, 0.3) is 0 Å². The molecule has 2 amide bonds. The van der Waals surface area contributed by atoms with E-state index in [-0.39, 0.29) is 17.7 Å². The molecule has 1 aliphatic rings. The number of likely N-dealkylation sites (N-methyl/N-ethyl adjacent to an activating group) is 1. The van der Waals surface area contributed by atoms with Crippen LogP contribution in [0.15, 0.2) is 0 Å². The molecule has 2 N–H and O–H groups in total. The fourth-order valence-electron chi connectivity index (χ4n) is 2.85. The molecular formula is C15H26N2O4. The second-order valence-electron chi connectivity index (χ2n) is 5.64. The van der Waals surface area contributed by atoms with Crippen molar-refractivity contribution >= 4 is 17.8 Å². The Morgan fingerprint density at radius 3 is 2.29 bits per heavy atom. The smallest absolute Gasteiger partial charge is 0.306 e. The summed E-state index contributed by atoms with van der Waals surface area (Å²) in [6.07, 6.45) is 2.44. The second-order valence-corrected chi connectivity index (χ2v) is 5.64. The Labute approximate surface area is 125 Å². The number of nitrogens with zero attached hydrogens (tertiary/aromatic N) is 1. The number of carbonyl (C=O) groups excluding carboxylic acids is 2. The van der Waals surface area contributed by atoms with Crippen LogP contribution in [0.3, 0.4) is 0 Å². The molecule has 0 radical (unpaired) electrons. The Morgan fingerprint density at radius 2 is 1.76 bits per heavy atom. The summed E-state index contributed by atoms with van der Waals surface area (Å²) in [6, 6.07) is -0.567. The molecule has 0 bridgehead atoms. The van der Waals surface area contributed by atoms with Gasteiger partial charge < -0.3 is 15.3 Å². The van der Waals surface area contributed by atoms with Gasteiger partial charge in [-0.25, -0.2) is 0 Å². The van der Waals surface area contributed by atoms with E-state index >= 15 is 0 Å². The molecule has 0 spiro atoms. The first-order valence-electron chi connectivity index (χ1n) is 7.72. The van der Waals surface area contributed by atoms with Gasteiger partial charge in [-0.3, -0.25) is 14.4 Å². The van der Waals surface area contributed by atoms with E-state index in [1.165, 1.54) is 0 Å². The van der Waals surface area contributed by atoms with Gasteiger partial charge in [-0.05, 0) is 40.0 Å². The van der Waals surface area contributed by atoms with E-state index in [0.717, 1.165) is 6.42 Å². The predicted molar refractivity (Wildman–Crippen MR) is 78.6 cm³/mol. The summed E-state index contributed by atoms with van der Waals surface area (Å²) >= 11 is 0. The van der Waals surface area contributed by atoms with Crippen molar-refractivity contribution in [1.82, 2.24) is 10.2 Å². The van der Waals surface area contributed by atoms with Gasteiger partial charge >= 0.3 is 5.97 Å². The third-order valence-corrected chi connectivity index (χ3v) is 4.20. The van der Waals surface area contributed by atoms with Crippen molar-refractivity contribution in [1.29, 1.82) is 0 Å². The van der Waals surface area contributed by atoms with Crippen LogP contribution >= 0.6 is 0 Å². The largest absolute Gasteiger partial charge is 0.481 e. The minimum atomic E-state index is -0.834. The maximum absolute atomic E-state index is 12.2. The Bertz CT molecular complexity index is 393. The lowest BCUT2D eigenvalue weighted by atomic mass is 9.81. The van der Waals surface area contributed by atoms with Crippen LogP contribution in [0, 0.1) is 11.8 Å². The van der Waals surface area contributed by atoms with E-state index < -0.39 is 17.9 Å². The van der Waals surface area contributed by atoms with Gasteiger partial charge in [-0.1, -0.05) is 6.42 Å². The fraction of sp³-hybridized carbons (Fsp3) is 0.800. The highest BCUT2D eigenvalue weighted by Crippen LogP contribution is 2.29. The molecule has 0 aliphatic heterocycles. The van der Waals surface area contributed by atoms with Crippen LogP contribution in [-0.4, -0.2) is 46.9 Å². The lowest BCUT2D eigenvalue weighted by Gasteiger charge is -2.28. The highest BCUT2D eigenvalue weighted by Gasteiger charge is 2.32. The first-order chi connectivity index (χ1) is 9.90. The van der Waals surface area contributed by atoms with E-state index in [1.54, 1.807) is 11.8 Å². The number of amides is 2. The van der Waals surface area contributed by atoms with Crippen LogP contribution in [0.25, 0.3) is 0 Å². The van der Waals surface area contributed by atoms with E-state index in [9.17, 15) is 14.4 Å². The van der Waals surface area contributed by atoms with Crippen molar-refractivity contribution in [3.05, 3.63) is 0 Å². The fourth-order valence-corrected chi connectivity index (χ4v) is 2.85. The molecule has 21 heavy (non-hydrogen) atoms. The maximum atomic E-state index is 12.2. The van der Waals surface area contributed by atoms with Crippen molar-refractivity contribution in [2.45, 2.75) is 52.5 Å². The second kappa shape index (κ2) is 8.00. The number of rotatable bonds is 6. The summed E-state index contributed by atoms with van der Waals surface area (Å²) in [7, 11) is 0. The molecule has 1 rings (SSSR count). The average molecular weight is 298 g/mol. The van der Waals surface area contributed by atoms with Crippen molar-refractivity contribution in [3.8, 4) is 0 Å². The van der Waals surface area contributed by atoms with E-state index in [0.29, 0.717) is 32.4 Å². The van der Waals surface area contributed by atoms with Gasteiger partial charge in [-0.2, -0.15) is 0 Å². The third-order valence-electron chi connectivity index (χ3n) is 4.20. The van der Waals surface area contributed by atoms with Gasteiger partial charge in [0.2, 0.25) is 11.8 Å². The SMILES string of the molecule is CCN(CC)C(=O)C(C)NC(=O)C1CCCC(C(=O)O)C1. The number of carboxylic acids is 1. The van der Waals surface area contributed by atoms with Gasteiger partial charge in [0.05, 0.1) is 5.92 Å². The molecule has 1 fully saturated rings. The minimum absolute atomic E-state index is 0.0982.